The van der Waals surface area contributed by atoms with E-state index in [-0.39, 0.29) is 10.5 Å². The van der Waals surface area contributed by atoms with Gasteiger partial charge in [0.2, 0.25) is 0 Å². The Morgan fingerprint density at radius 2 is 1.87 bits per heavy atom. The molecule has 0 radical (unpaired) electrons. The van der Waals surface area contributed by atoms with Gasteiger partial charge in [0, 0.05) is 41.8 Å². The fourth-order valence-electron chi connectivity index (χ4n) is 4.40. The van der Waals surface area contributed by atoms with Gasteiger partial charge >= 0.3 is 0 Å². The van der Waals surface area contributed by atoms with E-state index in [4.69, 9.17) is 0 Å². The number of aromatic nitrogens is 1. The minimum atomic E-state index is 0.247. The molecule has 1 aliphatic carbocycles. The molecule has 39 heavy (non-hydrogen) atoms. The summed E-state index contributed by atoms with van der Waals surface area (Å²) >= 11 is 0. The Balaban J connectivity index is 0.00000205. The molecule has 4 rings (SSSR count). The van der Waals surface area contributed by atoms with Gasteiger partial charge in [0.1, 0.15) is 0 Å². The third-order valence-electron chi connectivity index (χ3n) is 6.49. The monoisotopic (exact) mass is 537 g/mol. The highest BCUT2D eigenvalue weighted by molar-refractivity contribution is 8.13. The molecule has 3 aromatic rings. The summed E-state index contributed by atoms with van der Waals surface area (Å²) in [5.41, 5.74) is 9.72. The van der Waals surface area contributed by atoms with E-state index in [1.807, 2.05) is 38.3 Å². The van der Waals surface area contributed by atoms with E-state index in [1.54, 1.807) is 0 Å². The third-order valence-corrected chi connectivity index (χ3v) is 7.39. The molecule has 2 N–H and O–H groups in total. The molecule has 1 heterocycles. The van der Waals surface area contributed by atoms with Gasteiger partial charge < -0.3 is 10.6 Å². The zero-order valence-corrected chi connectivity index (χ0v) is 24.8. The first kappa shape index (κ1) is 30.1. The predicted molar refractivity (Wildman–Crippen MR) is 179 cm³/mol. The van der Waals surface area contributed by atoms with E-state index >= 15 is 0 Å². The number of nitrogens with zero attached hydrogens (tertiary/aromatic N) is 1. The lowest BCUT2D eigenvalue weighted by Crippen LogP contribution is -2.20. The fourth-order valence-corrected chi connectivity index (χ4v) is 4.89. The molecule has 0 amide bonds. The lowest BCUT2D eigenvalue weighted by Gasteiger charge is -2.12. The maximum Gasteiger partial charge on any atom is 0.0728 e. The number of rotatable bonds is 12. The second kappa shape index (κ2) is 15.8. The van der Waals surface area contributed by atoms with Crippen LogP contribution in [0.3, 0.4) is 0 Å². The first-order valence-electron chi connectivity index (χ1n) is 13.8. The predicted octanol–water partition coefficient (Wildman–Crippen LogP) is 8.87. The Morgan fingerprint density at radius 3 is 2.59 bits per heavy atom. The van der Waals surface area contributed by atoms with Crippen molar-refractivity contribution in [2.24, 2.45) is 0 Å². The molecule has 204 valence electrons. The normalized spacial score (nSPS) is 14.0. The summed E-state index contributed by atoms with van der Waals surface area (Å²) in [6.45, 7) is 11.8. The lowest BCUT2D eigenvalue weighted by molar-refractivity contribution is 0.776. The van der Waals surface area contributed by atoms with Crippen LogP contribution < -0.4 is 10.6 Å². The van der Waals surface area contributed by atoms with E-state index in [2.05, 4.69) is 108 Å². The average Bonchev–Trinajstić information content (AvgIpc) is 3.44. The molecular formula is C35H43N3S. The molecule has 4 heteroatoms. The van der Waals surface area contributed by atoms with Crippen LogP contribution in [-0.2, 0) is 6.42 Å². The zero-order chi connectivity index (χ0) is 28.0. The second-order valence-electron chi connectivity index (χ2n) is 9.40. The maximum absolute atomic E-state index is 4.67. The van der Waals surface area contributed by atoms with Crippen LogP contribution in [-0.4, -0.2) is 36.0 Å². The molecule has 1 aromatic heterocycles. The van der Waals surface area contributed by atoms with E-state index in [0.29, 0.717) is 0 Å². The summed E-state index contributed by atoms with van der Waals surface area (Å²) < 4.78 is 0. The van der Waals surface area contributed by atoms with Gasteiger partial charge in [-0.25, -0.2) is 0 Å². The molecule has 0 saturated carbocycles. The summed E-state index contributed by atoms with van der Waals surface area (Å²) in [6, 6.07) is 17.3. The van der Waals surface area contributed by atoms with Crippen LogP contribution in [0.15, 0.2) is 109 Å². The SMILES string of the molecule is C=C/C=C\C(=C/C)Cc1ccc(Nc2ccnc3cc(C4=CC=C(CNCCS(=C)C)C4)ccc23)cc1.CC. The standard InChI is InChI=1S/C33H37N3S.C2H6/c1-5-7-8-25(6-2)21-26-10-14-30(15-11-26)36-32-17-18-35-33-23-29(13-16-31(32)33)28-12-9-27(22-28)24-34-19-20-37(3)4;1-2/h5-18,23,34H,1,3,19-22,24H2,2,4H3,(H,35,36);1-2H3/b8-7-,25-6+;. The molecule has 1 atom stereocenters. The molecule has 0 fully saturated rings. The van der Waals surface area contributed by atoms with Crippen molar-refractivity contribution in [3.8, 4) is 0 Å². The van der Waals surface area contributed by atoms with Gasteiger partial charge in [-0.3, -0.25) is 4.98 Å². The molecule has 1 aliphatic rings. The third kappa shape index (κ3) is 9.05. The number of allylic oxidation sites excluding steroid dienone is 8. The highest BCUT2D eigenvalue weighted by atomic mass is 32.2. The summed E-state index contributed by atoms with van der Waals surface area (Å²) in [5.74, 6) is 5.22. The smallest absolute Gasteiger partial charge is 0.0728 e. The van der Waals surface area contributed by atoms with Crippen molar-refractivity contribution in [3.05, 3.63) is 120 Å². The van der Waals surface area contributed by atoms with Crippen molar-refractivity contribution in [2.45, 2.75) is 33.6 Å². The van der Waals surface area contributed by atoms with Gasteiger partial charge in [-0.2, -0.15) is 10.5 Å². The van der Waals surface area contributed by atoms with Crippen LogP contribution in [0.4, 0.5) is 11.4 Å². The van der Waals surface area contributed by atoms with Crippen LogP contribution in [0.1, 0.15) is 38.3 Å². The van der Waals surface area contributed by atoms with Crippen molar-refractivity contribution in [2.75, 3.05) is 30.4 Å². The van der Waals surface area contributed by atoms with Crippen molar-refractivity contribution in [3.63, 3.8) is 0 Å². The van der Waals surface area contributed by atoms with E-state index < -0.39 is 0 Å². The Morgan fingerprint density at radius 1 is 1.08 bits per heavy atom. The minimum Gasteiger partial charge on any atom is -0.355 e. The molecule has 1 unspecified atom stereocenters. The Kier molecular flexibility index (Phi) is 12.2. The Labute approximate surface area is 238 Å². The summed E-state index contributed by atoms with van der Waals surface area (Å²) in [4.78, 5) is 4.67. The van der Waals surface area contributed by atoms with Gasteiger partial charge in [0.15, 0.2) is 0 Å². The van der Waals surface area contributed by atoms with Gasteiger partial charge in [-0.05, 0) is 72.6 Å². The maximum atomic E-state index is 4.67. The summed E-state index contributed by atoms with van der Waals surface area (Å²) in [6.07, 6.45) is 18.5. The molecule has 0 bridgehead atoms. The van der Waals surface area contributed by atoms with Crippen molar-refractivity contribution < 1.29 is 0 Å². The lowest BCUT2D eigenvalue weighted by atomic mass is 10.0. The number of hydrogen-bond acceptors (Lipinski definition) is 3. The number of nitrogens with one attached hydrogen (secondary N) is 2. The Hall–Kier alpha value is -3.47. The number of fused-ring (bicyclic) bond motifs is 1. The second-order valence-corrected chi connectivity index (χ2v) is 11.4. The summed E-state index contributed by atoms with van der Waals surface area (Å²) in [5, 5.41) is 8.26. The van der Waals surface area contributed by atoms with Crippen LogP contribution >= 0.6 is 10.5 Å². The van der Waals surface area contributed by atoms with Gasteiger partial charge in [-0.15, -0.1) is 0 Å². The average molecular weight is 538 g/mol. The highest BCUT2D eigenvalue weighted by Crippen LogP contribution is 2.32. The Bertz CT molecular complexity index is 1390. The van der Waals surface area contributed by atoms with Crippen LogP contribution in [0.5, 0.6) is 0 Å². The molecule has 3 nitrogen and oxygen atoms in total. The van der Waals surface area contributed by atoms with E-state index in [0.717, 1.165) is 54.0 Å². The first-order chi connectivity index (χ1) is 19.1. The number of anilines is 2. The largest absolute Gasteiger partial charge is 0.355 e. The van der Waals surface area contributed by atoms with Crippen molar-refractivity contribution >= 4 is 44.2 Å². The number of pyridine rings is 1. The molecule has 0 spiro atoms. The zero-order valence-electron chi connectivity index (χ0n) is 24.0. The quantitative estimate of drug-likeness (QED) is 0.138. The first-order valence-corrected chi connectivity index (χ1v) is 15.7. The van der Waals surface area contributed by atoms with E-state index in [1.165, 1.54) is 27.8 Å². The number of hydrogen-bond donors (Lipinski definition) is 2. The van der Waals surface area contributed by atoms with Gasteiger partial charge in [0.25, 0.3) is 0 Å². The molecule has 2 aromatic carbocycles. The van der Waals surface area contributed by atoms with Crippen molar-refractivity contribution in [1.82, 2.24) is 10.3 Å². The van der Waals surface area contributed by atoms with E-state index in [9.17, 15) is 0 Å². The van der Waals surface area contributed by atoms with Gasteiger partial charge in [0.05, 0.1) is 5.52 Å². The molecule has 0 aliphatic heterocycles. The molecule has 0 saturated heterocycles. The van der Waals surface area contributed by atoms with Crippen LogP contribution in [0.2, 0.25) is 0 Å². The van der Waals surface area contributed by atoms with Crippen molar-refractivity contribution in [1.29, 1.82) is 0 Å². The van der Waals surface area contributed by atoms with Gasteiger partial charge in [-0.1, -0.05) is 92.6 Å². The fraction of sp³-hybridized carbons (Fsp3) is 0.257. The highest BCUT2D eigenvalue weighted by Gasteiger charge is 2.12. The van der Waals surface area contributed by atoms with Crippen LogP contribution in [0.25, 0.3) is 16.5 Å². The topological polar surface area (TPSA) is 37.0 Å². The van der Waals surface area contributed by atoms with Crippen LogP contribution in [0, 0.1) is 0 Å². The minimum absolute atomic E-state index is 0.247. The molecular weight excluding hydrogens is 494 g/mol. The number of benzene rings is 2. The summed E-state index contributed by atoms with van der Waals surface area (Å²) in [7, 11) is 0.247.